The molecule has 0 N–H and O–H groups in total. The summed E-state index contributed by atoms with van der Waals surface area (Å²) in [5.74, 6) is 0.901. The quantitative estimate of drug-likeness (QED) is 0.294. The van der Waals surface area contributed by atoms with Gasteiger partial charge in [0.15, 0.2) is 5.78 Å². The van der Waals surface area contributed by atoms with Gasteiger partial charge in [0.2, 0.25) is 11.1 Å². The summed E-state index contributed by atoms with van der Waals surface area (Å²) in [6.07, 6.45) is 2.97. The summed E-state index contributed by atoms with van der Waals surface area (Å²) in [6, 6.07) is 9.90. The molecule has 2 aromatic heterocycles. The van der Waals surface area contributed by atoms with Crippen molar-refractivity contribution in [1.82, 2.24) is 15.0 Å². The number of alkyl halides is 3. The highest BCUT2D eigenvalue weighted by Crippen LogP contribution is 2.33. The molecule has 2 fully saturated rings. The summed E-state index contributed by atoms with van der Waals surface area (Å²) in [6.45, 7) is 1.57. The van der Waals surface area contributed by atoms with Gasteiger partial charge in [-0.1, -0.05) is 18.2 Å². The van der Waals surface area contributed by atoms with Crippen LogP contribution in [0.1, 0.15) is 49.1 Å². The van der Waals surface area contributed by atoms with Crippen LogP contribution in [0.4, 0.5) is 19.1 Å². The molecular weight excluding hydrogens is 501 g/mol. The number of rotatable bonds is 6. The number of fused-ring (bicyclic) bond motifs is 1. The number of allylic oxidation sites excluding steroid dienone is 1. The van der Waals surface area contributed by atoms with E-state index in [1.54, 1.807) is 30.5 Å². The van der Waals surface area contributed by atoms with Crippen molar-refractivity contribution in [3.63, 3.8) is 0 Å². The number of ketones is 1. The van der Waals surface area contributed by atoms with E-state index in [4.69, 9.17) is 0 Å². The molecule has 10 heteroatoms. The first-order valence-corrected chi connectivity index (χ1v) is 13.1. The smallest absolute Gasteiger partial charge is 0.341 e. The zero-order chi connectivity index (χ0) is 26.0. The summed E-state index contributed by atoms with van der Waals surface area (Å²) >= 11 is 0.958. The first-order valence-electron chi connectivity index (χ1n) is 12.3. The SMILES string of the molecule is O=C1CC(=O)/C(=C/c2ccnc(N3CCC(CCCc4cc(C(F)(F)F)nc5ccccc45)CC3)n2)S1. The second kappa shape index (κ2) is 10.6. The van der Waals surface area contributed by atoms with Gasteiger partial charge in [-0.2, -0.15) is 13.2 Å². The molecule has 192 valence electrons. The summed E-state index contributed by atoms with van der Waals surface area (Å²) in [5, 5.41) is 0.630. The molecule has 37 heavy (non-hydrogen) atoms. The van der Waals surface area contributed by atoms with Gasteiger partial charge >= 0.3 is 6.18 Å². The molecule has 4 heterocycles. The zero-order valence-corrected chi connectivity index (χ0v) is 20.8. The predicted octanol–water partition coefficient (Wildman–Crippen LogP) is 5.86. The molecule has 6 nitrogen and oxygen atoms in total. The number of para-hydroxylation sites is 1. The highest BCUT2D eigenvalue weighted by molar-refractivity contribution is 8.18. The highest BCUT2D eigenvalue weighted by atomic mass is 32.2. The third-order valence-electron chi connectivity index (χ3n) is 6.80. The Hall–Kier alpha value is -3.27. The molecule has 0 unspecified atom stereocenters. The molecular formula is C27H25F3N4O2S. The summed E-state index contributed by atoms with van der Waals surface area (Å²) in [4.78, 5) is 38.7. The van der Waals surface area contributed by atoms with Gasteiger partial charge in [0.1, 0.15) is 5.69 Å². The number of hydrogen-bond acceptors (Lipinski definition) is 7. The Kier molecular flexibility index (Phi) is 7.28. The largest absolute Gasteiger partial charge is 0.433 e. The third-order valence-corrected chi connectivity index (χ3v) is 7.73. The molecule has 0 spiro atoms. The van der Waals surface area contributed by atoms with E-state index in [1.807, 2.05) is 12.1 Å². The maximum Gasteiger partial charge on any atom is 0.433 e. The van der Waals surface area contributed by atoms with Crippen LogP contribution in [-0.4, -0.2) is 38.9 Å². The Labute approximate surface area is 216 Å². The van der Waals surface area contributed by atoms with Crippen LogP contribution in [0, 0.1) is 5.92 Å². The minimum Gasteiger partial charge on any atom is -0.341 e. The van der Waals surface area contributed by atoms with Gasteiger partial charge in [-0.25, -0.2) is 15.0 Å². The van der Waals surface area contributed by atoms with Gasteiger partial charge < -0.3 is 4.90 Å². The van der Waals surface area contributed by atoms with Crippen molar-refractivity contribution in [1.29, 1.82) is 0 Å². The second-order valence-electron chi connectivity index (χ2n) is 9.37. The number of aromatic nitrogens is 3. The Morgan fingerprint density at radius 1 is 1.08 bits per heavy atom. The fourth-order valence-electron chi connectivity index (χ4n) is 4.88. The number of carbonyl (C=O) groups excluding carboxylic acids is 2. The summed E-state index contributed by atoms with van der Waals surface area (Å²) in [7, 11) is 0. The monoisotopic (exact) mass is 526 g/mol. The number of Topliss-reactive ketones (excluding diaryl/α,β-unsaturated/α-hetero) is 1. The van der Waals surface area contributed by atoms with E-state index in [2.05, 4.69) is 19.9 Å². The summed E-state index contributed by atoms with van der Waals surface area (Å²) in [5.41, 5.74) is 0.826. The molecule has 0 radical (unpaired) electrons. The fourth-order valence-corrected chi connectivity index (χ4v) is 5.69. The van der Waals surface area contributed by atoms with Gasteiger partial charge in [-0.05, 0) is 79.6 Å². The molecule has 0 aliphatic carbocycles. The van der Waals surface area contributed by atoms with Crippen LogP contribution in [0.25, 0.3) is 17.0 Å². The van der Waals surface area contributed by atoms with Crippen molar-refractivity contribution in [3.8, 4) is 0 Å². The molecule has 0 amide bonds. The Bertz CT molecular complexity index is 1370. The van der Waals surface area contributed by atoms with E-state index >= 15 is 0 Å². The number of aryl methyl sites for hydroxylation is 1. The highest BCUT2D eigenvalue weighted by Gasteiger charge is 2.33. The Morgan fingerprint density at radius 2 is 1.86 bits per heavy atom. The van der Waals surface area contributed by atoms with Crippen LogP contribution in [0.5, 0.6) is 0 Å². The lowest BCUT2D eigenvalue weighted by atomic mass is 9.90. The molecule has 3 aromatic rings. The minimum atomic E-state index is -4.47. The molecule has 0 saturated carbocycles. The predicted molar refractivity (Wildman–Crippen MR) is 137 cm³/mol. The number of nitrogens with zero attached hydrogens (tertiary/aromatic N) is 4. The van der Waals surface area contributed by atoms with E-state index in [0.717, 1.165) is 55.9 Å². The van der Waals surface area contributed by atoms with Crippen molar-refractivity contribution in [3.05, 3.63) is 64.5 Å². The van der Waals surface area contributed by atoms with E-state index < -0.39 is 11.9 Å². The molecule has 2 aliphatic rings. The van der Waals surface area contributed by atoms with Gasteiger partial charge in [0.25, 0.3) is 0 Å². The van der Waals surface area contributed by atoms with Crippen molar-refractivity contribution in [2.75, 3.05) is 18.0 Å². The number of anilines is 1. The van der Waals surface area contributed by atoms with E-state index in [9.17, 15) is 22.8 Å². The fraction of sp³-hybridized carbons (Fsp3) is 0.370. The average Bonchev–Trinajstić information content (AvgIpc) is 3.20. The Morgan fingerprint density at radius 3 is 2.59 bits per heavy atom. The van der Waals surface area contributed by atoms with Crippen molar-refractivity contribution in [2.45, 2.75) is 44.7 Å². The lowest BCUT2D eigenvalue weighted by Crippen LogP contribution is -2.35. The van der Waals surface area contributed by atoms with Gasteiger partial charge in [0, 0.05) is 24.7 Å². The van der Waals surface area contributed by atoms with Crippen LogP contribution >= 0.6 is 11.8 Å². The van der Waals surface area contributed by atoms with Crippen LogP contribution in [-0.2, 0) is 22.2 Å². The molecule has 2 saturated heterocycles. The van der Waals surface area contributed by atoms with E-state index in [-0.39, 0.29) is 17.3 Å². The van der Waals surface area contributed by atoms with Crippen LogP contribution in [0.15, 0.2) is 47.5 Å². The van der Waals surface area contributed by atoms with E-state index in [0.29, 0.717) is 40.0 Å². The standard InChI is InChI=1S/C27H25F3N4O2S/c28-27(29,30)24-14-18(20-6-1-2-7-21(20)33-24)5-3-4-17-9-12-34(13-10-17)26-31-11-8-19(32-26)15-23-22(35)16-25(36)37-23/h1-2,6-8,11,14-15,17H,3-5,9-10,12-13,16H2/b23-15-. The Balaban J connectivity index is 1.17. The molecule has 1 aromatic carbocycles. The van der Waals surface area contributed by atoms with Gasteiger partial charge in [-0.3, -0.25) is 9.59 Å². The molecule has 0 bridgehead atoms. The first-order chi connectivity index (χ1) is 17.8. The number of benzene rings is 1. The molecule has 0 atom stereocenters. The average molecular weight is 527 g/mol. The van der Waals surface area contributed by atoms with Crippen LogP contribution in [0.3, 0.4) is 0 Å². The topological polar surface area (TPSA) is 76.1 Å². The summed E-state index contributed by atoms with van der Waals surface area (Å²) < 4.78 is 40.0. The van der Waals surface area contributed by atoms with Crippen molar-refractivity contribution < 1.29 is 22.8 Å². The molecule has 5 rings (SSSR count). The van der Waals surface area contributed by atoms with Crippen molar-refractivity contribution in [2.24, 2.45) is 5.92 Å². The number of carbonyl (C=O) groups is 2. The normalized spacial score (nSPS) is 18.4. The zero-order valence-electron chi connectivity index (χ0n) is 20.0. The second-order valence-corrected chi connectivity index (χ2v) is 10.5. The van der Waals surface area contributed by atoms with Gasteiger partial charge in [-0.15, -0.1) is 0 Å². The number of hydrogen-bond donors (Lipinski definition) is 0. The van der Waals surface area contributed by atoms with Gasteiger partial charge in [0.05, 0.1) is 22.5 Å². The van der Waals surface area contributed by atoms with E-state index in [1.165, 1.54) is 6.07 Å². The lowest BCUT2D eigenvalue weighted by molar-refractivity contribution is -0.141. The maximum atomic E-state index is 13.3. The molecule has 2 aliphatic heterocycles. The number of pyridine rings is 1. The maximum absolute atomic E-state index is 13.3. The van der Waals surface area contributed by atoms with Crippen LogP contribution < -0.4 is 4.90 Å². The number of thioether (sulfide) groups is 1. The number of halogens is 3. The number of piperidine rings is 1. The van der Waals surface area contributed by atoms with Crippen LogP contribution in [0.2, 0.25) is 0 Å². The minimum absolute atomic E-state index is 0.0666. The van der Waals surface area contributed by atoms with Crippen molar-refractivity contribution >= 4 is 45.6 Å². The first kappa shape index (κ1) is 25.4. The lowest BCUT2D eigenvalue weighted by Gasteiger charge is -2.32. The third kappa shape index (κ3) is 6.01.